The second kappa shape index (κ2) is 4.72. The standard InChI is InChI=1S/C14H25NO3/c1-13(2,3)18-12(16)15-9-8-14(17)7-5-4-6-11(14)10-15/h11,17H,4-10H2,1-3H3/t11-,14-/m1/s1. The van der Waals surface area contributed by atoms with Gasteiger partial charge in [-0.25, -0.2) is 4.79 Å². The SMILES string of the molecule is CC(C)(C)OC(=O)N1CC[C@]2(O)CCCC[C@@H]2C1. The number of carbonyl (C=O) groups excluding carboxylic acids is 1. The molecule has 4 nitrogen and oxygen atoms in total. The summed E-state index contributed by atoms with van der Waals surface area (Å²) in [6.07, 6.45) is 4.64. The van der Waals surface area contributed by atoms with Gasteiger partial charge in [0.05, 0.1) is 5.60 Å². The smallest absolute Gasteiger partial charge is 0.410 e. The highest BCUT2D eigenvalue weighted by Gasteiger charge is 2.44. The summed E-state index contributed by atoms with van der Waals surface area (Å²) in [6.45, 7) is 6.90. The third-order valence-electron chi connectivity index (χ3n) is 4.08. The van der Waals surface area contributed by atoms with E-state index in [4.69, 9.17) is 4.74 Å². The van der Waals surface area contributed by atoms with Crippen LogP contribution in [-0.2, 0) is 4.74 Å². The summed E-state index contributed by atoms with van der Waals surface area (Å²) >= 11 is 0. The number of fused-ring (bicyclic) bond motifs is 1. The zero-order valence-electron chi connectivity index (χ0n) is 11.7. The van der Waals surface area contributed by atoms with E-state index < -0.39 is 11.2 Å². The van der Waals surface area contributed by atoms with Crippen LogP contribution >= 0.6 is 0 Å². The molecule has 0 aromatic rings. The highest BCUT2D eigenvalue weighted by molar-refractivity contribution is 5.68. The van der Waals surface area contributed by atoms with Crippen LogP contribution < -0.4 is 0 Å². The third kappa shape index (κ3) is 2.97. The number of likely N-dealkylation sites (tertiary alicyclic amines) is 1. The number of hydrogen-bond donors (Lipinski definition) is 1. The van der Waals surface area contributed by atoms with E-state index in [-0.39, 0.29) is 12.0 Å². The number of piperidine rings is 1. The zero-order valence-corrected chi connectivity index (χ0v) is 11.7. The summed E-state index contributed by atoms with van der Waals surface area (Å²) in [6, 6.07) is 0. The first-order valence-corrected chi connectivity index (χ1v) is 7.00. The number of aliphatic hydroxyl groups is 1. The van der Waals surface area contributed by atoms with E-state index in [1.807, 2.05) is 20.8 Å². The van der Waals surface area contributed by atoms with Gasteiger partial charge in [-0.15, -0.1) is 0 Å². The molecule has 0 unspecified atom stereocenters. The van der Waals surface area contributed by atoms with Crippen molar-refractivity contribution in [2.75, 3.05) is 13.1 Å². The van der Waals surface area contributed by atoms with Gasteiger partial charge in [-0.05, 0) is 40.0 Å². The zero-order chi connectivity index (χ0) is 13.4. The van der Waals surface area contributed by atoms with E-state index in [2.05, 4.69) is 0 Å². The van der Waals surface area contributed by atoms with Crippen molar-refractivity contribution in [3.05, 3.63) is 0 Å². The molecule has 1 aliphatic carbocycles. The maximum Gasteiger partial charge on any atom is 0.410 e. The van der Waals surface area contributed by atoms with Gasteiger partial charge in [0.1, 0.15) is 5.60 Å². The number of ether oxygens (including phenoxy) is 1. The summed E-state index contributed by atoms with van der Waals surface area (Å²) in [5.74, 6) is 0.229. The molecular weight excluding hydrogens is 230 g/mol. The van der Waals surface area contributed by atoms with Crippen molar-refractivity contribution in [3.8, 4) is 0 Å². The van der Waals surface area contributed by atoms with Crippen molar-refractivity contribution in [1.82, 2.24) is 4.90 Å². The summed E-state index contributed by atoms with van der Waals surface area (Å²) in [4.78, 5) is 13.8. The number of carbonyl (C=O) groups is 1. The molecule has 0 aromatic carbocycles. The molecule has 4 heteroatoms. The van der Waals surface area contributed by atoms with Crippen molar-refractivity contribution >= 4 is 6.09 Å². The van der Waals surface area contributed by atoms with Crippen molar-refractivity contribution in [1.29, 1.82) is 0 Å². The van der Waals surface area contributed by atoms with Crippen LogP contribution in [0.1, 0.15) is 52.9 Å². The lowest BCUT2D eigenvalue weighted by Crippen LogP contribution is -2.55. The molecule has 0 radical (unpaired) electrons. The first-order valence-electron chi connectivity index (χ1n) is 7.00. The summed E-state index contributed by atoms with van der Waals surface area (Å²) in [5.41, 5.74) is -0.978. The fraction of sp³-hybridized carbons (Fsp3) is 0.929. The second-order valence-corrected chi connectivity index (χ2v) is 6.72. The highest BCUT2D eigenvalue weighted by Crippen LogP contribution is 2.39. The van der Waals surface area contributed by atoms with Gasteiger partial charge in [0, 0.05) is 19.0 Å². The quantitative estimate of drug-likeness (QED) is 0.723. The van der Waals surface area contributed by atoms with Crippen molar-refractivity contribution in [3.63, 3.8) is 0 Å². The minimum atomic E-state index is -0.531. The summed E-state index contributed by atoms with van der Waals surface area (Å²) in [5, 5.41) is 10.5. The molecule has 104 valence electrons. The van der Waals surface area contributed by atoms with Gasteiger partial charge in [-0.2, -0.15) is 0 Å². The molecule has 1 saturated carbocycles. The van der Waals surface area contributed by atoms with Gasteiger partial charge in [-0.1, -0.05) is 12.8 Å². The summed E-state index contributed by atoms with van der Waals surface area (Å²) in [7, 11) is 0. The lowest BCUT2D eigenvalue weighted by Gasteiger charge is -2.47. The number of nitrogens with zero attached hydrogens (tertiary/aromatic N) is 1. The molecule has 0 bridgehead atoms. The first kappa shape index (κ1) is 13.7. The molecule has 0 spiro atoms. The third-order valence-corrected chi connectivity index (χ3v) is 4.08. The van der Waals surface area contributed by atoms with Gasteiger partial charge in [0.2, 0.25) is 0 Å². The lowest BCUT2D eigenvalue weighted by atomic mass is 9.71. The number of amides is 1. The fourth-order valence-corrected chi connectivity index (χ4v) is 3.06. The Labute approximate surface area is 109 Å². The van der Waals surface area contributed by atoms with Gasteiger partial charge < -0.3 is 14.7 Å². The molecule has 0 aromatic heterocycles. The molecule has 2 rings (SSSR count). The number of hydrogen-bond acceptors (Lipinski definition) is 3. The Morgan fingerprint density at radius 1 is 1.33 bits per heavy atom. The largest absolute Gasteiger partial charge is 0.444 e. The Morgan fingerprint density at radius 3 is 2.72 bits per heavy atom. The normalized spacial score (nSPS) is 32.9. The van der Waals surface area contributed by atoms with Crippen LogP contribution in [0.25, 0.3) is 0 Å². The van der Waals surface area contributed by atoms with E-state index >= 15 is 0 Å². The van der Waals surface area contributed by atoms with Crippen molar-refractivity contribution in [2.24, 2.45) is 5.92 Å². The van der Waals surface area contributed by atoms with Gasteiger partial charge in [-0.3, -0.25) is 0 Å². The molecule has 2 aliphatic rings. The predicted octanol–water partition coefficient (Wildman–Crippen LogP) is 2.55. The van der Waals surface area contributed by atoms with Crippen LogP contribution in [0.4, 0.5) is 4.79 Å². The van der Waals surface area contributed by atoms with Crippen LogP contribution in [-0.4, -0.2) is 40.4 Å². The molecule has 2 fully saturated rings. The van der Waals surface area contributed by atoms with Crippen LogP contribution in [0.15, 0.2) is 0 Å². The average molecular weight is 255 g/mol. The van der Waals surface area contributed by atoms with E-state index in [0.29, 0.717) is 19.5 Å². The van der Waals surface area contributed by atoms with Gasteiger partial charge >= 0.3 is 6.09 Å². The van der Waals surface area contributed by atoms with Crippen LogP contribution in [0, 0.1) is 5.92 Å². The van der Waals surface area contributed by atoms with Crippen LogP contribution in [0.2, 0.25) is 0 Å². The minimum Gasteiger partial charge on any atom is -0.444 e. The Kier molecular flexibility index (Phi) is 3.58. The monoisotopic (exact) mass is 255 g/mol. The number of rotatable bonds is 0. The Hall–Kier alpha value is -0.770. The summed E-state index contributed by atoms with van der Waals surface area (Å²) < 4.78 is 5.40. The Bertz CT molecular complexity index is 323. The Balaban J connectivity index is 1.96. The van der Waals surface area contributed by atoms with E-state index in [9.17, 15) is 9.90 Å². The molecule has 18 heavy (non-hydrogen) atoms. The van der Waals surface area contributed by atoms with E-state index in [1.54, 1.807) is 4.90 Å². The molecule has 1 aliphatic heterocycles. The first-order chi connectivity index (χ1) is 8.30. The van der Waals surface area contributed by atoms with Gasteiger partial charge in [0.15, 0.2) is 0 Å². The topological polar surface area (TPSA) is 49.8 Å². The maximum absolute atomic E-state index is 12.0. The van der Waals surface area contributed by atoms with Crippen molar-refractivity contribution < 1.29 is 14.6 Å². The molecule has 1 saturated heterocycles. The predicted molar refractivity (Wildman–Crippen MR) is 69.3 cm³/mol. The average Bonchev–Trinajstić information content (AvgIpc) is 2.25. The van der Waals surface area contributed by atoms with E-state index in [0.717, 1.165) is 25.7 Å². The molecular formula is C14H25NO3. The molecule has 2 atom stereocenters. The highest BCUT2D eigenvalue weighted by atomic mass is 16.6. The second-order valence-electron chi connectivity index (χ2n) is 6.72. The molecule has 1 heterocycles. The van der Waals surface area contributed by atoms with Gasteiger partial charge in [0.25, 0.3) is 0 Å². The Morgan fingerprint density at radius 2 is 2.06 bits per heavy atom. The van der Waals surface area contributed by atoms with Crippen molar-refractivity contribution in [2.45, 2.75) is 64.1 Å². The fourth-order valence-electron chi connectivity index (χ4n) is 3.06. The molecule has 1 N–H and O–H groups in total. The van der Waals surface area contributed by atoms with Crippen LogP contribution in [0.5, 0.6) is 0 Å². The van der Waals surface area contributed by atoms with E-state index in [1.165, 1.54) is 0 Å². The lowest BCUT2D eigenvalue weighted by molar-refractivity contribution is -0.0952. The minimum absolute atomic E-state index is 0.229. The van der Waals surface area contributed by atoms with Crippen LogP contribution in [0.3, 0.4) is 0 Å². The molecule has 1 amide bonds. The maximum atomic E-state index is 12.0.